The van der Waals surface area contributed by atoms with Gasteiger partial charge in [0, 0.05) is 19.8 Å². The summed E-state index contributed by atoms with van der Waals surface area (Å²) in [4.78, 5) is 18.9. The number of nitrogens with one attached hydrogen (secondary N) is 1. The molecule has 8 heteroatoms. The van der Waals surface area contributed by atoms with Crippen LogP contribution in [0, 0.1) is 6.92 Å². The van der Waals surface area contributed by atoms with Crippen LogP contribution < -0.4 is 5.32 Å². The number of pyridine rings is 1. The summed E-state index contributed by atoms with van der Waals surface area (Å²) in [6.07, 6.45) is 4.52. The van der Waals surface area contributed by atoms with Gasteiger partial charge >= 0.3 is 0 Å². The number of rotatable bonds is 6. The molecule has 5 rings (SSSR count). The Bertz CT molecular complexity index is 1390. The summed E-state index contributed by atoms with van der Waals surface area (Å²) in [5.41, 5.74) is 4.96. The second-order valence-corrected chi connectivity index (χ2v) is 8.52. The maximum Gasteiger partial charge on any atom is 0.252 e. The van der Waals surface area contributed by atoms with E-state index in [9.17, 15) is 4.79 Å². The zero-order valence-electron chi connectivity index (χ0n) is 17.8. The van der Waals surface area contributed by atoms with E-state index < -0.39 is 0 Å². The molecule has 4 aromatic heterocycles. The maximum absolute atomic E-state index is 13.2. The molecule has 0 bridgehead atoms. The first-order valence-electron chi connectivity index (χ1n) is 10.4. The molecular weight excluding hydrogens is 420 g/mol. The van der Waals surface area contributed by atoms with Crippen LogP contribution in [-0.4, -0.2) is 37.0 Å². The standard InChI is InChI=1S/C24H22N6OS/c1-16-22-19(13-20(21-9-6-12-32-21)27-23(22)29(2)28-16)24(31)25-11-10-17-14-26-30(15-17)18-7-4-3-5-8-18/h3-9,12-15H,10-11H2,1-2H3,(H,25,31). The molecule has 0 aliphatic carbocycles. The van der Waals surface area contributed by atoms with Crippen LogP contribution in [0.5, 0.6) is 0 Å². The zero-order valence-corrected chi connectivity index (χ0v) is 18.6. The van der Waals surface area contributed by atoms with Gasteiger partial charge in [0.05, 0.1) is 39.1 Å². The van der Waals surface area contributed by atoms with Gasteiger partial charge in [-0.2, -0.15) is 10.2 Å². The molecule has 0 aliphatic heterocycles. The highest BCUT2D eigenvalue weighted by molar-refractivity contribution is 7.13. The van der Waals surface area contributed by atoms with Crippen LogP contribution in [0.3, 0.4) is 0 Å². The van der Waals surface area contributed by atoms with E-state index in [4.69, 9.17) is 4.98 Å². The molecule has 32 heavy (non-hydrogen) atoms. The Morgan fingerprint density at radius 3 is 2.78 bits per heavy atom. The van der Waals surface area contributed by atoms with E-state index in [0.29, 0.717) is 24.2 Å². The minimum Gasteiger partial charge on any atom is -0.352 e. The quantitative estimate of drug-likeness (QED) is 0.428. The van der Waals surface area contributed by atoms with Crippen molar-refractivity contribution in [1.29, 1.82) is 0 Å². The first kappa shape index (κ1) is 20.1. The van der Waals surface area contributed by atoms with Gasteiger partial charge in [-0.1, -0.05) is 24.3 Å². The molecule has 0 spiro atoms. The zero-order chi connectivity index (χ0) is 22.1. The van der Waals surface area contributed by atoms with Gasteiger partial charge in [-0.25, -0.2) is 9.67 Å². The van der Waals surface area contributed by atoms with Crippen molar-refractivity contribution in [2.45, 2.75) is 13.3 Å². The van der Waals surface area contributed by atoms with Crippen molar-refractivity contribution in [3.05, 3.63) is 83.1 Å². The normalized spacial score (nSPS) is 11.2. The van der Waals surface area contributed by atoms with Gasteiger partial charge < -0.3 is 5.32 Å². The molecule has 0 saturated carbocycles. The molecule has 1 amide bonds. The van der Waals surface area contributed by atoms with Crippen molar-refractivity contribution in [2.24, 2.45) is 7.05 Å². The highest BCUT2D eigenvalue weighted by atomic mass is 32.1. The average Bonchev–Trinajstić information content (AvgIpc) is 3.56. The Morgan fingerprint density at radius 1 is 1.16 bits per heavy atom. The first-order valence-corrected chi connectivity index (χ1v) is 11.2. The molecule has 0 unspecified atom stereocenters. The Labute approximate surface area is 189 Å². The number of hydrogen-bond donors (Lipinski definition) is 1. The van der Waals surface area contributed by atoms with E-state index in [-0.39, 0.29) is 5.91 Å². The van der Waals surface area contributed by atoms with E-state index in [2.05, 4.69) is 15.5 Å². The summed E-state index contributed by atoms with van der Waals surface area (Å²) in [7, 11) is 1.85. The summed E-state index contributed by atoms with van der Waals surface area (Å²) in [5, 5.41) is 14.8. The number of thiophene rings is 1. The Morgan fingerprint density at radius 2 is 2.00 bits per heavy atom. The van der Waals surface area contributed by atoms with E-state index in [1.807, 2.05) is 85.0 Å². The van der Waals surface area contributed by atoms with E-state index >= 15 is 0 Å². The van der Waals surface area contributed by atoms with Crippen molar-refractivity contribution in [1.82, 2.24) is 29.9 Å². The highest BCUT2D eigenvalue weighted by Gasteiger charge is 2.19. The third-order valence-electron chi connectivity index (χ3n) is 5.34. The van der Waals surface area contributed by atoms with Crippen molar-refractivity contribution >= 4 is 28.3 Å². The minimum absolute atomic E-state index is 0.123. The fraction of sp³-hybridized carbons (Fsp3) is 0.167. The van der Waals surface area contributed by atoms with Crippen LogP contribution in [0.25, 0.3) is 27.3 Å². The number of aromatic nitrogens is 5. The van der Waals surface area contributed by atoms with Crippen LogP contribution in [0.15, 0.2) is 66.3 Å². The van der Waals surface area contributed by atoms with Crippen molar-refractivity contribution in [2.75, 3.05) is 6.54 Å². The molecule has 4 heterocycles. The van der Waals surface area contributed by atoms with Gasteiger partial charge in [0.25, 0.3) is 5.91 Å². The predicted octanol–water partition coefficient (Wildman–Crippen LogP) is 4.16. The third kappa shape index (κ3) is 3.80. The SMILES string of the molecule is Cc1nn(C)c2nc(-c3cccs3)cc(C(=O)NCCc3cnn(-c4ccccc4)c3)c12. The van der Waals surface area contributed by atoms with Crippen LogP contribution in [0.1, 0.15) is 21.6 Å². The Kier molecular flexibility index (Phi) is 5.28. The highest BCUT2D eigenvalue weighted by Crippen LogP contribution is 2.29. The lowest BCUT2D eigenvalue weighted by molar-refractivity contribution is 0.0955. The lowest BCUT2D eigenvalue weighted by Gasteiger charge is -2.08. The first-order chi connectivity index (χ1) is 15.6. The second kappa shape index (κ2) is 8.39. The number of benzene rings is 1. The number of fused-ring (bicyclic) bond motifs is 1. The van der Waals surface area contributed by atoms with Gasteiger partial charge in [0.2, 0.25) is 0 Å². The molecule has 160 valence electrons. The Balaban J connectivity index is 1.35. The van der Waals surface area contributed by atoms with E-state index in [1.54, 1.807) is 16.0 Å². The fourth-order valence-corrected chi connectivity index (χ4v) is 4.49. The molecule has 5 aromatic rings. The van der Waals surface area contributed by atoms with Gasteiger partial charge in [0.1, 0.15) is 0 Å². The van der Waals surface area contributed by atoms with Gasteiger partial charge in [-0.05, 0) is 48.6 Å². The van der Waals surface area contributed by atoms with Crippen LogP contribution in [0.4, 0.5) is 0 Å². The van der Waals surface area contributed by atoms with E-state index in [0.717, 1.165) is 32.9 Å². The second-order valence-electron chi connectivity index (χ2n) is 7.57. The maximum atomic E-state index is 13.2. The molecule has 0 saturated heterocycles. The van der Waals surface area contributed by atoms with Crippen LogP contribution >= 0.6 is 11.3 Å². The van der Waals surface area contributed by atoms with Gasteiger partial charge in [0.15, 0.2) is 5.65 Å². The summed E-state index contributed by atoms with van der Waals surface area (Å²) in [5.74, 6) is -0.123. The lowest BCUT2D eigenvalue weighted by Crippen LogP contribution is -2.26. The van der Waals surface area contributed by atoms with Crippen LogP contribution in [-0.2, 0) is 13.5 Å². The Hall–Kier alpha value is -3.78. The number of nitrogens with zero attached hydrogens (tertiary/aromatic N) is 5. The van der Waals surface area contributed by atoms with Crippen molar-refractivity contribution in [3.8, 4) is 16.3 Å². The summed E-state index contributed by atoms with van der Waals surface area (Å²) < 4.78 is 3.58. The number of hydrogen-bond acceptors (Lipinski definition) is 5. The largest absolute Gasteiger partial charge is 0.352 e. The smallest absolute Gasteiger partial charge is 0.252 e. The van der Waals surface area contributed by atoms with Crippen molar-refractivity contribution in [3.63, 3.8) is 0 Å². The number of para-hydroxylation sites is 1. The average molecular weight is 443 g/mol. The molecular formula is C24H22N6OS. The van der Waals surface area contributed by atoms with Gasteiger partial charge in [-0.3, -0.25) is 9.48 Å². The van der Waals surface area contributed by atoms with Gasteiger partial charge in [-0.15, -0.1) is 11.3 Å². The summed E-state index contributed by atoms with van der Waals surface area (Å²) >= 11 is 1.60. The third-order valence-corrected chi connectivity index (χ3v) is 6.24. The monoisotopic (exact) mass is 442 g/mol. The fourth-order valence-electron chi connectivity index (χ4n) is 3.80. The minimum atomic E-state index is -0.123. The molecule has 0 fully saturated rings. The molecule has 1 aromatic carbocycles. The molecule has 7 nitrogen and oxygen atoms in total. The number of carbonyl (C=O) groups is 1. The summed E-state index contributed by atoms with van der Waals surface area (Å²) in [6.45, 7) is 2.42. The lowest BCUT2D eigenvalue weighted by atomic mass is 10.1. The number of amides is 1. The molecule has 0 atom stereocenters. The van der Waals surface area contributed by atoms with E-state index in [1.165, 1.54) is 0 Å². The number of carbonyl (C=O) groups excluding carboxylic acids is 1. The number of aryl methyl sites for hydroxylation is 2. The topological polar surface area (TPSA) is 77.6 Å². The molecule has 0 aliphatic rings. The molecule has 1 N–H and O–H groups in total. The molecule has 0 radical (unpaired) electrons. The van der Waals surface area contributed by atoms with Crippen molar-refractivity contribution < 1.29 is 4.79 Å². The summed E-state index contributed by atoms with van der Waals surface area (Å²) in [6, 6.07) is 15.8. The predicted molar refractivity (Wildman–Crippen MR) is 126 cm³/mol. The van der Waals surface area contributed by atoms with Crippen LogP contribution in [0.2, 0.25) is 0 Å².